The van der Waals surface area contributed by atoms with Gasteiger partial charge in [0, 0.05) is 13.1 Å². The van der Waals surface area contributed by atoms with Crippen LogP contribution in [0.25, 0.3) is 0 Å². The summed E-state index contributed by atoms with van der Waals surface area (Å²) in [7, 11) is 0. The maximum Gasteiger partial charge on any atom is 0.0991 e. The van der Waals surface area contributed by atoms with Gasteiger partial charge in [-0.2, -0.15) is 5.26 Å². The molecule has 1 aliphatic rings. The molecule has 0 saturated carbocycles. The fraction of sp³-hybridized carbons (Fsp3) is 0.417. The monoisotopic (exact) mass is 214 g/mol. The van der Waals surface area contributed by atoms with E-state index in [0.29, 0.717) is 5.56 Å². The third-order valence-electron chi connectivity index (χ3n) is 2.62. The number of rotatable bonds is 2. The molecule has 0 unspecified atom stereocenters. The largest absolute Gasteiger partial charge is 0.278 e. The highest BCUT2D eigenvalue weighted by Crippen LogP contribution is 2.15. The van der Waals surface area contributed by atoms with E-state index >= 15 is 0 Å². The van der Waals surface area contributed by atoms with Gasteiger partial charge in [-0.3, -0.25) is 5.01 Å². The average Bonchev–Trinajstić information content (AvgIpc) is 2.38. The molecule has 1 aromatic carbocycles. The second kappa shape index (κ2) is 5.26. The van der Waals surface area contributed by atoms with Crippen molar-refractivity contribution in [2.24, 2.45) is 10.3 Å². The topological polar surface area (TPSA) is 51.8 Å². The maximum atomic E-state index is 8.65. The standard InChI is InChI=1S/C12H14N4/c13-10-11-4-6-12(7-5-11)14-15-16-8-2-1-3-9-16/h4-7H,1-3,8-9H2. The molecule has 0 aliphatic carbocycles. The van der Waals surface area contributed by atoms with Gasteiger partial charge in [-0.25, -0.2) is 0 Å². The van der Waals surface area contributed by atoms with Crippen LogP contribution >= 0.6 is 0 Å². The molecule has 16 heavy (non-hydrogen) atoms. The summed E-state index contributed by atoms with van der Waals surface area (Å²) >= 11 is 0. The second-order valence-corrected chi connectivity index (χ2v) is 3.86. The van der Waals surface area contributed by atoms with Crippen molar-refractivity contribution in [3.8, 4) is 6.07 Å². The predicted molar refractivity (Wildman–Crippen MR) is 61.1 cm³/mol. The van der Waals surface area contributed by atoms with E-state index in [1.807, 2.05) is 17.1 Å². The molecule has 0 radical (unpaired) electrons. The van der Waals surface area contributed by atoms with E-state index in [0.717, 1.165) is 18.8 Å². The summed E-state index contributed by atoms with van der Waals surface area (Å²) in [4.78, 5) is 0. The Bertz CT molecular complexity index is 396. The first-order valence-corrected chi connectivity index (χ1v) is 5.55. The van der Waals surface area contributed by atoms with E-state index in [9.17, 15) is 0 Å². The quantitative estimate of drug-likeness (QED) is 0.710. The Morgan fingerprint density at radius 3 is 2.38 bits per heavy atom. The Labute approximate surface area is 95.2 Å². The summed E-state index contributed by atoms with van der Waals surface area (Å²) < 4.78 is 0. The summed E-state index contributed by atoms with van der Waals surface area (Å²) in [6.07, 6.45) is 3.70. The van der Waals surface area contributed by atoms with Gasteiger partial charge in [-0.05, 0) is 43.5 Å². The van der Waals surface area contributed by atoms with Crippen LogP contribution in [0.2, 0.25) is 0 Å². The molecule has 0 aromatic heterocycles. The lowest BCUT2D eigenvalue weighted by molar-refractivity contribution is 0.224. The molecule has 4 heteroatoms. The van der Waals surface area contributed by atoms with Gasteiger partial charge in [0.15, 0.2) is 0 Å². The minimum Gasteiger partial charge on any atom is -0.278 e. The number of nitriles is 1. The van der Waals surface area contributed by atoms with Crippen LogP contribution in [0.5, 0.6) is 0 Å². The normalized spacial score (nSPS) is 16.3. The summed E-state index contributed by atoms with van der Waals surface area (Å²) in [5.41, 5.74) is 1.45. The molecule has 1 saturated heterocycles. The van der Waals surface area contributed by atoms with Crippen molar-refractivity contribution in [3.63, 3.8) is 0 Å². The highest BCUT2D eigenvalue weighted by Gasteiger charge is 2.06. The summed E-state index contributed by atoms with van der Waals surface area (Å²) in [5, 5.41) is 19.0. The Morgan fingerprint density at radius 1 is 1.06 bits per heavy atom. The molecule has 82 valence electrons. The molecule has 4 nitrogen and oxygen atoms in total. The van der Waals surface area contributed by atoms with Crippen LogP contribution in [0.15, 0.2) is 34.6 Å². The zero-order valence-corrected chi connectivity index (χ0v) is 9.13. The van der Waals surface area contributed by atoms with E-state index in [1.165, 1.54) is 19.3 Å². The average molecular weight is 214 g/mol. The molecule has 1 aromatic rings. The molecule has 0 atom stereocenters. The molecule has 0 spiro atoms. The van der Waals surface area contributed by atoms with Gasteiger partial charge in [0.2, 0.25) is 0 Å². The Kier molecular flexibility index (Phi) is 3.50. The van der Waals surface area contributed by atoms with Crippen LogP contribution in [0.3, 0.4) is 0 Å². The molecule has 1 aliphatic heterocycles. The molecule has 0 bridgehead atoms. The number of piperidine rings is 1. The van der Waals surface area contributed by atoms with Crippen molar-refractivity contribution in [3.05, 3.63) is 29.8 Å². The SMILES string of the molecule is N#Cc1ccc(N=NN2CCCCC2)cc1. The van der Waals surface area contributed by atoms with Crippen molar-refractivity contribution < 1.29 is 0 Å². The number of benzene rings is 1. The van der Waals surface area contributed by atoms with E-state index in [-0.39, 0.29) is 0 Å². The molecule has 2 rings (SSSR count). The molecular formula is C12H14N4. The van der Waals surface area contributed by atoms with Gasteiger partial charge >= 0.3 is 0 Å². The highest BCUT2D eigenvalue weighted by molar-refractivity contribution is 5.41. The van der Waals surface area contributed by atoms with Crippen LogP contribution < -0.4 is 0 Å². The van der Waals surface area contributed by atoms with Crippen LogP contribution in [0, 0.1) is 11.3 Å². The first-order chi connectivity index (χ1) is 7.88. The van der Waals surface area contributed by atoms with Crippen LogP contribution in [-0.2, 0) is 0 Å². The Hall–Kier alpha value is -1.89. The molecule has 1 heterocycles. The zero-order valence-electron chi connectivity index (χ0n) is 9.13. The van der Waals surface area contributed by atoms with Gasteiger partial charge < -0.3 is 0 Å². The van der Waals surface area contributed by atoms with Crippen molar-refractivity contribution in [1.29, 1.82) is 5.26 Å². The Balaban J connectivity index is 1.97. The van der Waals surface area contributed by atoms with Gasteiger partial charge in [0.05, 0.1) is 17.3 Å². The summed E-state index contributed by atoms with van der Waals surface area (Å²) in [6, 6.07) is 9.21. The van der Waals surface area contributed by atoms with Gasteiger partial charge in [-0.15, -0.1) is 5.11 Å². The minimum absolute atomic E-state index is 0.650. The lowest BCUT2D eigenvalue weighted by Crippen LogP contribution is -2.23. The summed E-state index contributed by atoms with van der Waals surface area (Å²) in [6.45, 7) is 2.00. The minimum atomic E-state index is 0.650. The second-order valence-electron chi connectivity index (χ2n) is 3.86. The van der Waals surface area contributed by atoms with Crippen molar-refractivity contribution in [2.45, 2.75) is 19.3 Å². The van der Waals surface area contributed by atoms with Gasteiger partial charge in [0.25, 0.3) is 0 Å². The molecule has 1 fully saturated rings. The van der Waals surface area contributed by atoms with E-state index in [1.54, 1.807) is 12.1 Å². The fourth-order valence-electron chi connectivity index (χ4n) is 1.68. The molecule has 0 N–H and O–H groups in total. The molecule has 0 amide bonds. The summed E-state index contributed by atoms with van der Waals surface area (Å²) in [5.74, 6) is 0. The van der Waals surface area contributed by atoms with Crippen LogP contribution in [0.1, 0.15) is 24.8 Å². The first-order valence-electron chi connectivity index (χ1n) is 5.55. The lowest BCUT2D eigenvalue weighted by atomic mass is 10.2. The first kappa shape index (κ1) is 10.6. The third-order valence-corrected chi connectivity index (χ3v) is 2.62. The predicted octanol–water partition coefficient (Wildman–Crippen LogP) is 3.04. The van der Waals surface area contributed by atoms with E-state index in [4.69, 9.17) is 5.26 Å². The smallest absolute Gasteiger partial charge is 0.0991 e. The maximum absolute atomic E-state index is 8.65. The van der Waals surface area contributed by atoms with Crippen molar-refractivity contribution in [2.75, 3.05) is 13.1 Å². The van der Waals surface area contributed by atoms with Crippen molar-refractivity contribution in [1.82, 2.24) is 5.01 Å². The van der Waals surface area contributed by atoms with Crippen LogP contribution in [0.4, 0.5) is 5.69 Å². The third kappa shape index (κ3) is 2.80. The van der Waals surface area contributed by atoms with Gasteiger partial charge in [-0.1, -0.05) is 5.22 Å². The van der Waals surface area contributed by atoms with E-state index < -0.39 is 0 Å². The molecular weight excluding hydrogens is 200 g/mol. The van der Waals surface area contributed by atoms with Crippen LogP contribution in [-0.4, -0.2) is 18.1 Å². The number of nitrogens with zero attached hydrogens (tertiary/aromatic N) is 4. The number of hydrogen-bond acceptors (Lipinski definition) is 3. The van der Waals surface area contributed by atoms with Crippen molar-refractivity contribution >= 4 is 5.69 Å². The number of hydrogen-bond donors (Lipinski definition) is 0. The fourth-order valence-corrected chi connectivity index (χ4v) is 1.68. The Morgan fingerprint density at radius 2 is 1.75 bits per heavy atom. The highest BCUT2D eigenvalue weighted by atomic mass is 15.5. The van der Waals surface area contributed by atoms with E-state index in [2.05, 4.69) is 16.4 Å². The zero-order chi connectivity index (χ0) is 11.2. The van der Waals surface area contributed by atoms with Gasteiger partial charge in [0.1, 0.15) is 0 Å². The lowest BCUT2D eigenvalue weighted by Gasteiger charge is -2.21.